The summed E-state index contributed by atoms with van der Waals surface area (Å²) in [6.07, 6.45) is -14.1. The number of fused-ring (bicyclic) bond motifs is 1. The predicted octanol–water partition coefficient (Wildman–Crippen LogP) is 5.40. The lowest BCUT2D eigenvalue weighted by atomic mass is 10.1. The molecule has 0 fully saturated rings. The molecule has 1 aromatic carbocycles. The number of nitrogens with zero attached hydrogens (tertiary/aromatic N) is 8. The second kappa shape index (κ2) is 10.9. The number of imidazole rings is 2. The quantitative estimate of drug-likeness (QED) is 0.241. The van der Waals surface area contributed by atoms with Crippen molar-refractivity contribution in [1.29, 1.82) is 5.41 Å². The summed E-state index contributed by atoms with van der Waals surface area (Å²) in [5.74, 6) is -1.21. The van der Waals surface area contributed by atoms with Crippen LogP contribution in [0.5, 0.6) is 5.88 Å². The van der Waals surface area contributed by atoms with Crippen LogP contribution in [-0.4, -0.2) is 52.2 Å². The number of benzene rings is 1. The average molecular weight is 631 g/mol. The van der Waals surface area contributed by atoms with Crippen LogP contribution in [0.4, 0.5) is 39.5 Å². The van der Waals surface area contributed by atoms with Crippen molar-refractivity contribution < 1.29 is 44.3 Å². The van der Waals surface area contributed by atoms with Crippen molar-refractivity contribution in [2.45, 2.75) is 31.6 Å². The number of ether oxygens (including phenoxy) is 1. The van der Waals surface area contributed by atoms with Crippen molar-refractivity contribution in [1.82, 2.24) is 38.6 Å². The van der Waals surface area contributed by atoms with Crippen LogP contribution in [0.3, 0.4) is 0 Å². The minimum atomic E-state index is -5.01. The van der Waals surface area contributed by atoms with Crippen LogP contribution in [-0.2, 0) is 25.9 Å². The fourth-order valence-corrected chi connectivity index (χ4v) is 4.47. The van der Waals surface area contributed by atoms with Crippen LogP contribution in [0.15, 0.2) is 43.0 Å². The summed E-state index contributed by atoms with van der Waals surface area (Å²) >= 11 is 0. The molecule has 44 heavy (non-hydrogen) atoms. The van der Waals surface area contributed by atoms with Gasteiger partial charge in [0.2, 0.25) is 17.8 Å². The topological polar surface area (TPSA) is 112 Å². The van der Waals surface area contributed by atoms with Crippen molar-refractivity contribution in [2.24, 2.45) is 7.05 Å². The monoisotopic (exact) mass is 631 g/mol. The first-order chi connectivity index (χ1) is 20.6. The van der Waals surface area contributed by atoms with Gasteiger partial charge in [0.25, 0.3) is 6.43 Å². The third kappa shape index (κ3) is 5.44. The first-order valence-corrected chi connectivity index (χ1v) is 12.2. The standard InChI is InChI=1S/C25H18F9N9O/c1-41-9-14(24(29,30)31)39-20(41)12-5-3-11(4-6-12)8-42-21-13(43(23(42)35)18(28)17(26)27)7-36-19(40-21)15-16(25(32,33)34)37-10-38-22(15)44-2/h3-7,9-10,17-18,35H,8H2,1-2H3. The van der Waals surface area contributed by atoms with Gasteiger partial charge in [0.1, 0.15) is 23.2 Å². The lowest BCUT2D eigenvalue weighted by Gasteiger charge is -2.13. The number of rotatable bonds is 7. The average Bonchev–Trinajstić information content (AvgIpc) is 3.49. The van der Waals surface area contributed by atoms with E-state index in [9.17, 15) is 39.5 Å². The zero-order valence-corrected chi connectivity index (χ0v) is 22.3. The van der Waals surface area contributed by atoms with Gasteiger partial charge < -0.3 is 9.30 Å². The molecular formula is C25H18F9N9O. The van der Waals surface area contributed by atoms with Crippen LogP contribution in [0, 0.1) is 5.41 Å². The zero-order chi connectivity index (χ0) is 32.1. The molecule has 4 aromatic heterocycles. The van der Waals surface area contributed by atoms with E-state index in [1.807, 2.05) is 0 Å². The molecule has 19 heteroatoms. The minimum Gasteiger partial charge on any atom is -0.480 e. The van der Waals surface area contributed by atoms with E-state index in [-0.39, 0.29) is 28.1 Å². The highest BCUT2D eigenvalue weighted by Gasteiger charge is 2.39. The molecule has 1 N–H and O–H groups in total. The van der Waals surface area contributed by atoms with Crippen LogP contribution >= 0.6 is 0 Å². The molecule has 1 atom stereocenters. The van der Waals surface area contributed by atoms with Crippen molar-refractivity contribution in [3.05, 3.63) is 65.6 Å². The maximum absolute atomic E-state index is 14.7. The Hall–Kier alpha value is -4.97. The van der Waals surface area contributed by atoms with Gasteiger partial charge in [-0.1, -0.05) is 24.3 Å². The molecule has 0 radical (unpaired) electrons. The van der Waals surface area contributed by atoms with Gasteiger partial charge in [-0.25, -0.2) is 38.1 Å². The largest absolute Gasteiger partial charge is 0.480 e. The van der Waals surface area contributed by atoms with E-state index in [4.69, 9.17) is 10.1 Å². The molecule has 232 valence electrons. The summed E-state index contributed by atoms with van der Waals surface area (Å²) in [5, 5.41) is 8.44. The molecule has 0 aliphatic heterocycles. The van der Waals surface area contributed by atoms with Gasteiger partial charge >= 0.3 is 12.4 Å². The number of aromatic nitrogens is 8. The Morgan fingerprint density at radius 3 is 2.18 bits per heavy atom. The number of aryl methyl sites for hydroxylation is 1. The summed E-state index contributed by atoms with van der Waals surface area (Å²) in [6.45, 7) is -0.335. The second-order valence-electron chi connectivity index (χ2n) is 9.25. The Morgan fingerprint density at radius 1 is 0.932 bits per heavy atom. The van der Waals surface area contributed by atoms with Crippen LogP contribution in [0.25, 0.3) is 33.9 Å². The highest BCUT2D eigenvalue weighted by molar-refractivity contribution is 5.76. The van der Waals surface area contributed by atoms with Gasteiger partial charge in [-0.05, 0) is 5.56 Å². The van der Waals surface area contributed by atoms with Gasteiger partial charge in [0.15, 0.2) is 22.9 Å². The van der Waals surface area contributed by atoms with Gasteiger partial charge in [0.05, 0.1) is 19.9 Å². The Morgan fingerprint density at radius 2 is 1.61 bits per heavy atom. The predicted molar refractivity (Wildman–Crippen MR) is 133 cm³/mol. The summed E-state index contributed by atoms with van der Waals surface area (Å²) in [6, 6.07) is 5.71. The normalized spacial score (nSPS) is 13.2. The first kappa shape index (κ1) is 30.5. The molecule has 0 amide bonds. The van der Waals surface area contributed by atoms with Crippen LogP contribution in [0.1, 0.15) is 23.2 Å². The Balaban J connectivity index is 1.63. The minimum absolute atomic E-state index is 0.0107. The Kier molecular flexibility index (Phi) is 7.58. The zero-order valence-electron chi connectivity index (χ0n) is 22.3. The maximum Gasteiger partial charge on any atom is 0.434 e. The first-order valence-electron chi connectivity index (χ1n) is 12.2. The number of methoxy groups -OCH3 is 1. The molecule has 0 aliphatic carbocycles. The summed E-state index contributed by atoms with van der Waals surface area (Å²) in [7, 11) is 2.41. The number of hydrogen-bond acceptors (Lipinski definition) is 7. The van der Waals surface area contributed by atoms with Crippen molar-refractivity contribution >= 4 is 11.2 Å². The third-order valence-corrected chi connectivity index (χ3v) is 6.42. The SMILES string of the molecule is COc1ncnc(C(F)(F)F)c1-c1ncc2c(n1)n(Cc1ccc(-c3nc(C(F)(F)F)cn3C)cc1)c(=N)n2C(F)C(F)F. The maximum atomic E-state index is 14.7. The highest BCUT2D eigenvalue weighted by Crippen LogP contribution is 2.39. The van der Waals surface area contributed by atoms with E-state index in [0.717, 1.165) is 24.1 Å². The second-order valence-corrected chi connectivity index (χ2v) is 9.25. The smallest absolute Gasteiger partial charge is 0.434 e. The molecule has 5 aromatic rings. The van der Waals surface area contributed by atoms with Crippen molar-refractivity contribution in [2.75, 3.05) is 7.11 Å². The van der Waals surface area contributed by atoms with Crippen LogP contribution in [0.2, 0.25) is 0 Å². The van der Waals surface area contributed by atoms with E-state index < -0.39 is 64.9 Å². The van der Waals surface area contributed by atoms with E-state index in [1.165, 1.54) is 35.9 Å². The van der Waals surface area contributed by atoms with Gasteiger partial charge in [-0.15, -0.1) is 0 Å². The molecule has 4 heterocycles. The van der Waals surface area contributed by atoms with Gasteiger partial charge in [0, 0.05) is 18.8 Å². The lowest BCUT2D eigenvalue weighted by molar-refractivity contribution is -0.141. The molecule has 1 unspecified atom stereocenters. The number of hydrogen-bond donors (Lipinski definition) is 1. The summed E-state index contributed by atoms with van der Waals surface area (Å²) < 4.78 is 130. The fraction of sp³-hybridized carbons (Fsp3) is 0.280. The molecule has 5 rings (SSSR count). The van der Waals surface area contributed by atoms with Gasteiger partial charge in [-0.3, -0.25) is 14.5 Å². The van der Waals surface area contributed by atoms with E-state index >= 15 is 0 Å². The number of nitrogens with one attached hydrogen (secondary N) is 1. The Labute approximate surface area is 239 Å². The lowest BCUT2D eigenvalue weighted by Crippen LogP contribution is -2.29. The van der Waals surface area contributed by atoms with E-state index in [1.54, 1.807) is 0 Å². The third-order valence-electron chi connectivity index (χ3n) is 6.42. The molecule has 0 bridgehead atoms. The highest BCUT2D eigenvalue weighted by atomic mass is 19.4. The fourth-order valence-electron chi connectivity index (χ4n) is 4.47. The summed E-state index contributed by atoms with van der Waals surface area (Å²) in [5.41, 5.74) is -4.35. The van der Waals surface area contributed by atoms with E-state index in [0.29, 0.717) is 11.9 Å². The number of halogens is 9. The molecule has 0 saturated heterocycles. The molecule has 10 nitrogen and oxygen atoms in total. The van der Waals surface area contributed by atoms with Crippen molar-refractivity contribution in [3.63, 3.8) is 0 Å². The van der Waals surface area contributed by atoms with E-state index in [2.05, 4.69) is 24.9 Å². The van der Waals surface area contributed by atoms with Crippen LogP contribution < -0.4 is 10.4 Å². The van der Waals surface area contributed by atoms with Gasteiger partial charge in [-0.2, -0.15) is 26.3 Å². The number of alkyl halides is 9. The molecule has 0 spiro atoms. The molecular weight excluding hydrogens is 613 g/mol. The summed E-state index contributed by atoms with van der Waals surface area (Å²) in [4.78, 5) is 18.4. The Bertz CT molecular complexity index is 1890. The van der Waals surface area contributed by atoms with Crippen molar-refractivity contribution in [3.8, 4) is 28.7 Å². The molecule has 0 saturated carbocycles. The molecule has 0 aliphatic rings.